The van der Waals surface area contributed by atoms with E-state index in [1.807, 2.05) is 0 Å². The van der Waals surface area contributed by atoms with Crippen molar-refractivity contribution in [2.45, 2.75) is 36.4 Å². The summed E-state index contributed by atoms with van der Waals surface area (Å²) in [5.41, 5.74) is 0. The summed E-state index contributed by atoms with van der Waals surface area (Å²) >= 11 is 9.34. The third-order valence-electron chi connectivity index (χ3n) is 2.99. The second-order valence-corrected chi connectivity index (χ2v) is 14.4. The van der Waals surface area contributed by atoms with Crippen molar-refractivity contribution >= 4 is 68.0 Å². The molecular formula is C11H18S4Te. The number of hydrogen-bond donors (Lipinski definition) is 0. The zero-order valence-corrected chi connectivity index (χ0v) is 14.9. The first-order valence-electron chi connectivity index (χ1n) is 5.98. The fraction of sp³-hybridized carbons (Fsp3) is 1.00. The molecule has 4 unspecified atom stereocenters. The number of rotatable bonds is 6. The Labute approximate surface area is 126 Å². The van der Waals surface area contributed by atoms with Gasteiger partial charge in [0.25, 0.3) is 0 Å². The van der Waals surface area contributed by atoms with Crippen molar-refractivity contribution in [3.05, 3.63) is 0 Å². The molecule has 3 aliphatic rings. The molecule has 0 spiro atoms. The van der Waals surface area contributed by atoms with Crippen molar-refractivity contribution in [1.82, 2.24) is 0 Å². The minimum atomic E-state index is 0.367. The molecule has 3 saturated heterocycles. The van der Waals surface area contributed by atoms with E-state index in [4.69, 9.17) is 0 Å². The van der Waals surface area contributed by atoms with Gasteiger partial charge in [-0.25, -0.2) is 0 Å². The maximum atomic E-state index is 2.34. The van der Waals surface area contributed by atoms with E-state index >= 15 is 0 Å². The van der Waals surface area contributed by atoms with Crippen LogP contribution in [0, 0.1) is 0 Å². The van der Waals surface area contributed by atoms with E-state index in [1.54, 1.807) is 17.3 Å². The second kappa shape index (κ2) is 6.57. The summed E-state index contributed by atoms with van der Waals surface area (Å²) in [5.74, 6) is 5.82. The summed E-state index contributed by atoms with van der Waals surface area (Å²) < 4.78 is 2.75. The van der Waals surface area contributed by atoms with Crippen LogP contribution in [0.3, 0.4) is 0 Å². The standard InChI is InChI=1S/C11H18S4Te/c1-2-16-11(15-7-10-6-14-10)3-8(1)12-4-9-5-13-9/h8-11H,1-7H2. The van der Waals surface area contributed by atoms with Crippen LogP contribution in [-0.2, 0) is 0 Å². The fourth-order valence-electron chi connectivity index (χ4n) is 1.79. The van der Waals surface area contributed by atoms with E-state index in [-0.39, 0.29) is 0 Å². The van der Waals surface area contributed by atoms with Gasteiger partial charge in [-0.2, -0.15) is 0 Å². The molecule has 0 aromatic carbocycles. The summed E-state index contributed by atoms with van der Waals surface area (Å²) in [4.78, 5) is 0. The van der Waals surface area contributed by atoms with Gasteiger partial charge in [-0.1, -0.05) is 0 Å². The van der Waals surface area contributed by atoms with Gasteiger partial charge in [0, 0.05) is 0 Å². The van der Waals surface area contributed by atoms with Crippen LogP contribution in [0.5, 0.6) is 0 Å². The molecule has 3 heterocycles. The summed E-state index contributed by atoms with van der Waals surface area (Å²) in [6.07, 6.45) is 3.12. The van der Waals surface area contributed by atoms with E-state index in [2.05, 4.69) is 47.0 Å². The molecule has 3 rings (SSSR count). The average molecular weight is 406 g/mol. The molecule has 92 valence electrons. The fourth-order valence-corrected chi connectivity index (χ4v) is 12.2. The Morgan fingerprint density at radius 3 is 2.44 bits per heavy atom. The molecule has 5 heteroatoms. The zero-order valence-electron chi connectivity index (χ0n) is 9.30. The summed E-state index contributed by atoms with van der Waals surface area (Å²) in [7, 11) is 0. The van der Waals surface area contributed by atoms with Crippen LogP contribution < -0.4 is 0 Å². The molecule has 0 amide bonds. The first-order valence-corrected chi connectivity index (χ1v) is 13.2. The van der Waals surface area contributed by atoms with Crippen LogP contribution in [0.4, 0.5) is 0 Å². The molecular weight excluding hydrogens is 388 g/mol. The van der Waals surface area contributed by atoms with Crippen LogP contribution in [-0.4, -0.2) is 63.0 Å². The molecule has 0 aromatic heterocycles. The van der Waals surface area contributed by atoms with Crippen LogP contribution in [0.25, 0.3) is 0 Å². The Morgan fingerprint density at radius 1 is 1.06 bits per heavy atom. The Morgan fingerprint density at radius 2 is 1.75 bits per heavy atom. The van der Waals surface area contributed by atoms with Crippen LogP contribution in [0.1, 0.15) is 12.8 Å². The molecule has 16 heavy (non-hydrogen) atoms. The number of hydrogen-bond acceptors (Lipinski definition) is 4. The van der Waals surface area contributed by atoms with Gasteiger partial charge in [-0.05, 0) is 0 Å². The van der Waals surface area contributed by atoms with Crippen LogP contribution in [0.2, 0.25) is 4.47 Å². The molecule has 4 atom stereocenters. The first-order chi connectivity index (χ1) is 7.90. The molecule has 0 aliphatic carbocycles. The van der Waals surface area contributed by atoms with E-state index in [1.165, 1.54) is 23.0 Å². The van der Waals surface area contributed by atoms with Gasteiger partial charge in [0.05, 0.1) is 0 Å². The molecule has 0 nitrogen and oxygen atoms in total. The summed E-state index contributed by atoms with van der Waals surface area (Å²) in [5, 5.41) is 3.12. The maximum absolute atomic E-state index is 2.34. The second-order valence-electron chi connectivity index (χ2n) is 4.52. The van der Waals surface area contributed by atoms with E-state index < -0.39 is 0 Å². The minimum absolute atomic E-state index is 0.367. The molecule has 0 saturated carbocycles. The van der Waals surface area contributed by atoms with E-state index in [9.17, 15) is 0 Å². The molecule has 0 bridgehead atoms. The first kappa shape index (κ1) is 13.2. The van der Waals surface area contributed by atoms with Gasteiger partial charge in [0.15, 0.2) is 0 Å². The predicted molar refractivity (Wildman–Crippen MR) is 84.8 cm³/mol. The third-order valence-corrected chi connectivity index (χ3v) is 13.0. The topological polar surface area (TPSA) is 0 Å². The average Bonchev–Trinajstić information content (AvgIpc) is 3.17. The van der Waals surface area contributed by atoms with Gasteiger partial charge in [0.2, 0.25) is 0 Å². The Bertz CT molecular complexity index is 208. The van der Waals surface area contributed by atoms with Crippen molar-refractivity contribution in [2.24, 2.45) is 0 Å². The van der Waals surface area contributed by atoms with Gasteiger partial charge >= 0.3 is 127 Å². The van der Waals surface area contributed by atoms with Crippen molar-refractivity contribution < 1.29 is 0 Å². The van der Waals surface area contributed by atoms with Gasteiger partial charge in [-0.3, -0.25) is 0 Å². The Balaban J connectivity index is 1.34. The van der Waals surface area contributed by atoms with Crippen molar-refractivity contribution in [3.8, 4) is 0 Å². The number of thioether (sulfide) groups is 4. The quantitative estimate of drug-likeness (QED) is 0.491. The SMILES string of the molecule is C1CC(SCC2CS2)CC(SCC2CS2)[Te]1. The van der Waals surface area contributed by atoms with Crippen molar-refractivity contribution in [2.75, 3.05) is 23.0 Å². The van der Waals surface area contributed by atoms with Gasteiger partial charge < -0.3 is 0 Å². The summed E-state index contributed by atoms with van der Waals surface area (Å²) in [6, 6.07) is 0. The van der Waals surface area contributed by atoms with Gasteiger partial charge in [-0.15, -0.1) is 0 Å². The zero-order chi connectivity index (χ0) is 10.8. The molecule has 0 aromatic rings. The molecule has 3 fully saturated rings. The van der Waals surface area contributed by atoms with Gasteiger partial charge in [0.1, 0.15) is 0 Å². The summed E-state index contributed by atoms with van der Waals surface area (Å²) in [6.45, 7) is 0. The van der Waals surface area contributed by atoms with Crippen molar-refractivity contribution in [1.29, 1.82) is 0 Å². The molecule has 0 radical (unpaired) electrons. The Kier molecular flexibility index (Phi) is 5.41. The van der Waals surface area contributed by atoms with Crippen molar-refractivity contribution in [3.63, 3.8) is 0 Å². The van der Waals surface area contributed by atoms with E-state index in [0.717, 1.165) is 19.0 Å². The van der Waals surface area contributed by atoms with E-state index in [0.29, 0.717) is 20.9 Å². The van der Waals surface area contributed by atoms with Crippen LogP contribution >= 0.6 is 47.0 Å². The predicted octanol–water partition coefficient (Wildman–Crippen LogP) is 3.29. The molecule has 0 N–H and O–H groups in total. The third kappa shape index (κ3) is 4.70. The normalized spacial score (nSPS) is 42.0. The molecule has 3 aliphatic heterocycles. The Hall–Kier alpha value is 2.19. The monoisotopic (exact) mass is 408 g/mol. The van der Waals surface area contributed by atoms with Crippen LogP contribution in [0.15, 0.2) is 0 Å².